The fourth-order valence-electron chi connectivity index (χ4n) is 2.88. The van der Waals surface area contributed by atoms with Gasteiger partial charge in [0, 0.05) is 26.1 Å². The van der Waals surface area contributed by atoms with Gasteiger partial charge in [0.25, 0.3) is 0 Å². The zero-order chi connectivity index (χ0) is 14.8. The molecule has 1 aromatic carbocycles. The lowest BCUT2D eigenvalue weighted by molar-refractivity contribution is -0.0233. The highest BCUT2D eigenvalue weighted by molar-refractivity contribution is 5.21. The molecule has 1 aromatic rings. The summed E-state index contributed by atoms with van der Waals surface area (Å²) in [6.07, 6.45) is 1.40. The van der Waals surface area contributed by atoms with Crippen LogP contribution in [-0.4, -0.2) is 35.2 Å². The first-order valence-electron chi connectivity index (χ1n) is 7.27. The van der Waals surface area contributed by atoms with Crippen molar-refractivity contribution in [3.05, 3.63) is 35.4 Å². The summed E-state index contributed by atoms with van der Waals surface area (Å²) in [6.45, 7) is 6.98. The summed E-state index contributed by atoms with van der Waals surface area (Å²) in [5.41, 5.74) is -0.646. The fourth-order valence-corrected chi connectivity index (χ4v) is 2.88. The van der Waals surface area contributed by atoms with Gasteiger partial charge in [-0.2, -0.15) is 0 Å². The van der Waals surface area contributed by atoms with Crippen LogP contribution in [0.3, 0.4) is 0 Å². The minimum Gasteiger partial charge on any atom is -0.389 e. The molecular weight excluding hydrogens is 260 g/mol. The predicted octanol–water partition coefficient (Wildman–Crippen LogP) is 2.99. The number of halogens is 2. The molecule has 0 amide bonds. The van der Waals surface area contributed by atoms with E-state index in [-0.39, 0.29) is 12.0 Å². The monoisotopic (exact) mass is 283 g/mol. The van der Waals surface area contributed by atoms with E-state index in [1.807, 2.05) is 0 Å². The standard InChI is InChI=1S/C16H23F2NO/c1-12(2)11-19-7-5-16(20,6-8-19)10-13-9-14(17)3-4-15(13)18/h3-4,9,12,20H,5-8,10-11H2,1-2H3. The summed E-state index contributed by atoms with van der Waals surface area (Å²) in [7, 11) is 0. The summed E-state index contributed by atoms with van der Waals surface area (Å²) in [4.78, 5) is 2.32. The van der Waals surface area contributed by atoms with E-state index in [1.165, 1.54) is 6.07 Å². The maximum Gasteiger partial charge on any atom is 0.126 e. The summed E-state index contributed by atoms with van der Waals surface area (Å²) >= 11 is 0. The van der Waals surface area contributed by atoms with Gasteiger partial charge in [0.15, 0.2) is 0 Å². The topological polar surface area (TPSA) is 23.5 Å². The van der Waals surface area contributed by atoms with Gasteiger partial charge in [-0.1, -0.05) is 13.8 Å². The van der Waals surface area contributed by atoms with Crippen molar-refractivity contribution in [2.75, 3.05) is 19.6 Å². The molecule has 2 rings (SSSR count). The van der Waals surface area contributed by atoms with Crippen LogP contribution in [0, 0.1) is 17.6 Å². The third kappa shape index (κ3) is 4.00. The van der Waals surface area contributed by atoms with Crippen molar-refractivity contribution < 1.29 is 13.9 Å². The highest BCUT2D eigenvalue weighted by Gasteiger charge is 2.33. The van der Waals surface area contributed by atoms with Gasteiger partial charge >= 0.3 is 0 Å². The Morgan fingerprint density at radius 3 is 2.50 bits per heavy atom. The summed E-state index contributed by atoms with van der Waals surface area (Å²) in [5, 5.41) is 10.6. The maximum absolute atomic E-state index is 13.7. The molecule has 0 bridgehead atoms. The number of nitrogens with zero attached hydrogens (tertiary/aromatic N) is 1. The van der Waals surface area contributed by atoms with Crippen LogP contribution in [0.1, 0.15) is 32.3 Å². The van der Waals surface area contributed by atoms with Gasteiger partial charge in [-0.3, -0.25) is 0 Å². The molecule has 0 aliphatic carbocycles. The van der Waals surface area contributed by atoms with E-state index < -0.39 is 17.2 Å². The van der Waals surface area contributed by atoms with E-state index in [1.54, 1.807) is 0 Å². The molecule has 0 aromatic heterocycles. The lowest BCUT2D eigenvalue weighted by Gasteiger charge is -2.39. The van der Waals surface area contributed by atoms with E-state index in [4.69, 9.17) is 0 Å². The third-order valence-corrected chi connectivity index (χ3v) is 3.94. The second kappa shape index (κ2) is 6.19. The normalized spacial score (nSPS) is 19.5. The van der Waals surface area contributed by atoms with Crippen molar-refractivity contribution in [1.29, 1.82) is 0 Å². The van der Waals surface area contributed by atoms with Crippen LogP contribution >= 0.6 is 0 Å². The highest BCUT2D eigenvalue weighted by Crippen LogP contribution is 2.28. The van der Waals surface area contributed by atoms with Crippen molar-refractivity contribution in [2.45, 2.75) is 38.7 Å². The molecular formula is C16H23F2NO. The predicted molar refractivity (Wildman–Crippen MR) is 75.5 cm³/mol. The van der Waals surface area contributed by atoms with Crippen molar-refractivity contribution in [3.8, 4) is 0 Å². The molecule has 1 aliphatic heterocycles. The molecule has 1 heterocycles. The van der Waals surface area contributed by atoms with E-state index in [0.717, 1.165) is 31.8 Å². The number of hydrogen-bond donors (Lipinski definition) is 1. The molecule has 112 valence electrons. The molecule has 0 spiro atoms. The highest BCUT2D eigenvalue weighted by atomic mass is 19.1. The minimum atomic E-state index is -0.915. The van der Waals surface area contributed by atoms with E-state index in [9.17, 15) is 13.9 Å². The SMILES string of the molecule is CC(C)CN1CCC(O)(Cc2cc(F)ccc2F)CC1. The first-order chi connectivity index (χ1) is 9.38. The molecule has 2 nitrogen and oxygen atoms in total. The van der Waals surface area contributed by atoms with Gasteiger partial charge in [0.1, 0.15) is 11.6 Å². The summed E-state index contributed by atoms with van der Waals surface area (Å²) in [5.74, 6) is -0.298. The van der Waals surface area contributed by atoms with Crippen molar-refractivity contribution in [2.24, 2.45) is 5.92 Å². The van der Waals surface area contributed by atoms with Crippen molar-refractivity contribution in [3.63, 3.8) is 0 Å². The summed E-state index contributed by atoms with van der Waals surface area (Å²) in [6, 6.07) is 3.42. The van der Waals surface area contributed by atoms with Gasteiger partial charge in [-0.25, -0.2) is 8.78 Å². The maximum atomic E-state index is 13.7. The second-order valence-corrected chi connectivity index (χ2v) is 6.33. The largest absolute Gasteiger partial charge is 0.389 e. The smallest absolute Gasteiger partial charge is 0.126 e. The number of hydrogen-bond acceptors (Lipinski definition) is 2. The second-order valence-electron chi connectivity index (χ2n) is 6.33. The number of rotatable bonds is 4. The Bertz CT molecular complexity index is 454. The Morgan fingerprint density at radius 1 is 1.25 bits per heavy atom. The zero-order valence-corrected chi connectivity index (χ0v) is 12.2. The minimum absolute atomic E-state index is 0.187. The molecule has 0 radical (unpaired) electrons. The third-order valence-electron chi connectivity index (χ3n) is 3.94. The number of benzene rings is 1. The Labute approximate surface area is 119 Å². The van der Waals surface area contributed by atoms with E-state index in [2.05, 4.69) is 18.7 Å². The zero-order valence-electron chi connectivity index (χ0n) is 12.2. The molecule has 4 heteroatoms. The lowest BCUT2D eigenvalue weighted by atomic mass is 9.85. The number of piperidine rings is 1. The van der Waals surface area contributed by atoms with Gasteiger partial charge in [0.05, 0.1) is 5.60 Å². The average molecular weight is 283 g/mol. The number of likely N-dealkylation sites (tertiary alicyclic amines) is 1. The Kier molecular flexibility index (Phi) is 4.76. The van der Waals surface area contributed by atoms with Crippen LogP contribution in [0.4, 0.5) is 8.78 Å². The van der Waals surface area contributed by atoms with Crippen LogP contribution in [0.25, 0.3) is 0 Å². The van der Waals surface area contributed by atoms with E-state index >= 15 is 0 Å². The summed E-state index contributed by atoms with van der Waals surface area (Å²) < 4.78 is 26.8. The Hall–Kier alpha value is -1.00. The molecule has 1 saturated heterocycles. The van der Waals surface area contributed by atoms with Crippen LogP contribution in [0.2, 0.25) is 0 Å². The first-order valence-corrected chi connectivity index (χ1v) is 7.27. The molecule has 0 saturated carbocycles. The first kappa shape index (κ1) is 15.4. The molecule has 1 fully saturated rings. The van der Waals surface area contributed by atoms with Gasteiger partial charge in [0.2, 0.25) is 0 Å². The molecule has 1 aliphatic rings. The number of aliphatic hydroxyl groups is 1. The van der Waals surface area contributed by atoms with Gasteiger partial charge in [-0.05, 0) is 42.5 Å². The van der Waals surface area contributed by atoms with Gasteiger partial charge in [-0.15, -0.1) is 0 Å². The molecule has 0 atom stereocenters. The van der Waals surface area contributed by atoms with Crippen LogP contribution < -0.4 is 0 Å². The van der Waals surface area contributed by atoms with Gasteiger partial charge < -0.3 is 10.0 Å². The van der Waals surface area contributed by atoms with E-state index in [0.29, 0.717) is 18.8 Å². The van der Waals surface area contributed by atoms with Crippen molar-refractivity contribution >= 4 is 0 Å². The fraction of sp³-hybridized carbons (Fsp3) is 0.625. The van der Waals surface area contributed by atoms with Crippen molar-refractivity contribution in [1.82, 2.24) is 4.90 Å². The Balaban J connectivity index is 1.98. The quantitative estimate of drug-likeness (QED) is 0.918. The molecule has 0 unspecified atom stereocenters. The molecule has 1 N–H and O–H groups in total. The Morgan fingerprint density at radius 2 is 1.90 bits per heavy atom. The van der Waals surface area contributed by atoms with Crippen LogP contribution in [0.5, 0.6) is 0 Å². The lowest BCUT2D eigenvalue weighted by Crippen LogP contribution is -2.46. The van der Waals surface area contributed by atoms with Crippen LogP contribution in [0.15, 0.2) is 18.2 Å². The average Bonchev–Trinajstić information content (AvgIpc) is 2.36. The van der Waals surface area contributed by atoms with Crippen LogP contribution in [-0.2, 0) is 6.42 Å². The molecule has 20 heavy (non-hydrogen) atoms.